The van der Waals surface area contributed by atoms with Gasteiger partial charge in [-0.3, -0.25) is 4.79 Å². The molecule has 1 heterocycles. The van der Waals surface area contributed by atoms with Crippen molar-refractivity contribution in [2.24, 2.45) is 11.5 Å². The molecule has 0 aliphatic carbocycles. The van der Waals surface area contributed by atoms with Crippen molar-refractivity contribution in [3.8, 4) is 0 Å². The fourth-order valence-corrected chi connectivity index (χ4v) is 2.10. The molecular weight excluding hydrogens is 240 g/mol. The second-order valence-corrected chi connectivity index (χ2v) is 4.98. The van der Waals surface area contributed by atoms with Crippen molar-refractivity contribution in [2.45, 2.75) is 58.0 Å². The van der Waals surface area contributed by atoms with Crippen LogP contribution in [0.2, 0.25) is 0 Å². The summed E-state index contributed by atoms with van der Waals surface area (Å²) in [5.41, 5.74) is 11.2. The van der Waals surface area contributed by atoms with Gasteiger partial charge in [-0.15, -0.1) is 0 Å². The highest BCUT2D eigenvalue weighted by Gasteiger charge is 2.21. The van der Waals surface area contributed by atoms with Crippen LogP contribution in [0, 0.1) is 0 Å². The van der Waals surface area contributed by atoms with Crippen LogP contribution in [0.3, 0.4) is 0 Å². The van der Waals surface area contributed by atoms with Crippen LogP contribution >= 0.6 is 0 Å². The lowest BCUT2D eigenvalue weighted by Crippen LogP contribution is -2.49. The van der Waals surface area contributed by atoms with E-state index in [9.17, 15) is 4.79 Å². The van der Waals surface area contributed by atoms with Crippen LogP contribution in [0.25, 0.3) is 0 Å². The zero-order valence-corrected chi connectivity index (χ0v) is 12.8. The van der Waals surface area contributed by atoms with E-state index >= 15 is 0 Å². The predicted molar refractivity (Wildman–Crippen MR) is 80.9 cm³/mol. The minimum absolute atomic E-state index is 0.00317. The summed E-state index contributed by atoms with van der Waals surface area (Å²) < 4.78 is 0. The summed E-state index contributed by atoms with van der Waals surface area (Å²) in [5.74, 6) is -0.00317. The van der Waals surface area contributed by atoms with Crippen molar-refractivity contribution in [1.82, 2.24) is 10.2 Å². The van der Waals surface area contributed by atoms with Crippen LogP contribution in [0.15, 0.2) is 0 Å². The third-order valence-corrected chi connectivity index (χ3v) is 3.37. The number of nitrogens with zero attached hydrogens (tertiary/aromatic N) is 1. The molecule has 5 heteroatoms. The number of carbonyl (C=O) groups is 1. The highest BCUT2D eigenvalue weighted by molar-refractivity contribution is 5.81. The first kappa shape index (κ1) is 18.4. The summed E-state index contributed by atoms with van der Waals surface area (Å²) in [4.78, 5) is 14.1. The second kappa shape index (κ2) is 11.2. The number of hydrogen-bond donors (Lipinski definition) is 3. The van der Waals surface area contributed by atoms with Crippen LogP contribution in [0.4, 0.5) is 0 Å². The van der Waals surface area contributed by atoms with E-state index in [1.807, 2.05) is 13.8 Å². The average Bonchev–Trinajstić information content (AvgIpc) is 2.43. The molecule has 1 aliphatic heterocycles. The quantitative estimate of drug-likeness (QED) is 0.621. The van der Waals surface area contributed by atoms with Crippen molar-refractivity contribution in [1.29, 1.82) is 0 Å². The van der Waals surface area contributed by atoms with Crippen molar-refractivity contribution in [3.05, 3.63) is 0 Å². The third-order valence-electron chi connectivity index (χ3n) is 3.37. The summed E-state index contributed by atoms with van der Waals surface area (Å²) in [5, 5.41) is 3.04. The maximum atomic E-state index is 11.8. The second-order valence-electron chi connectivity index (χ2n) is 4.98. The summed E-state index contributed by atoms with van der Waals surface area (Å²) in [6.07, 6.45) is 4.65. The molecule has 0 aromatic rings. The molecule has 1 fully saturated rings. The van der Waals surface area contributed by atoms with Gasteiger partial charge in [-0.2, -0.15) is 0 Å². The zero-order chi connectivity index (χ0) is 14.7. The summed E-state index contributed by atoms with van der Waals surface area (Å²) in [6.45, 7) is 6.77. The van der Waals surface area contributed by atoms with Gasteiger partial charge in [0.2, 0.25) is 5.91 Å². The van der Waals surface area contributed by atoms with Gasteiger partial charge in [0.15, 0.2) is 0 Å². The molecule has 1 amide bonds. The molecule has 0 aromatic heterocycles. The summed E-state index contributed by atoms with van der Waals surface area (Å²) in [6, 6.07) is -0.0690. The van der Waals surface area contributed by atoms with Crippen LogP contribution in [0.1, 0.15) is 46.0 Å². The summed E-state index contributed by atoms with van der Waals surface area (Å²) >= 11 is 0. The minimum Gasteiger partial charge on any atom is -0.352 e. The van der Waals surface area contributed by atoms with Crippen LogP contribution < -0.4 is 16.8 Å². The van der Waals surface area contributed by atoms with E-state index in [0.29, 0.717) is 12.6 Å². The maximum absolute atomic E-state index is 11.8. The number of nitrogens with two attached hydrogens (primary N) is 2. The van der Waals surface area contributed by atoms with Crippen LogP contribution in [-0.4, -0.2) is 49.6 Å². The molecule has 0 unspecified atom stereocenters. The topological polar surface area (TPSA) is 84.4 Å². The fourth-order valence-electron chi connectivity index (χ4n) is 2.10. The Labute approximate surface area is 118 Å². The van der Waals surface area contributed by atoms with Crippen molar-refractivity contribution in [3.63, 3.8) is 0 Å². The molecular formula is C14H32N4O. The Morgan fingerprint density at radius 2 is 1.89 bits per heavy atom. The van der Waals surface area contributed by atoms with E-state index in [1.165, 1.54) is 0 Å². The molecule has 1 aliphatic rings. The molecule has 5 N–H and O–H groups in total. The number of likely N-dealkylation sites (tertiary alicyclic amines) is 1. The van der Waals surface area contributed by atoms with E-state index in [4.69, 9.17) is 11.5 Å². The van der Waals surface area contributed by atoms with Crippen LogP contribution in [-0.2, 0) is 4.79 Å². The number of unbranched alkanes of at least 4 members (excludes halogenated alkanes) is 1. The molecule has 1 rings (SSSR count). The first-order chi connectivity index (χ1) is 9.13. The smallest absolute Gasteiger partial charge is 0.237 e. The highest BCUT2D eigenvalue weighted by atomic mass is 16.2. The average molecular weight is 272 g/mol. The normalized spacial score (nSPS) is 18.4. The van der Waals surface area contributed by atoms with Crippen molar-refractivity contribution in [2.75, 3.05) is 26.7 Å². The molecule has 0 saturated carbocycles. The van der Waals surface area contributed by atoms with Gasteiger partial charge in [0, 0.05) is 6.04 Å². The largest absolute Gasteiger partial charge is 0.352 e. The van der Waals surface area contributed by atoms with Gasteiger partial charge in [-0.25, -0.2) is 0 Å². The molecule has 0 spiro atoms. The van der Waals surface area contributed by atoms with E-state index in [0.717, 1.165) is 45.2 Å². The van der Waals surface area contributed by atoms with E-state index in [1.54, 1.807) is 0 Å². The van der Waals surface area contributed by atoms with Gasteiger partial charge in [-0.05, 0) is 52.4 Å². The van der Waals surface area contributed by atoms with Gasteiger partial charge in [0.1, 0.15) is 0 Å². The number of nitrogens with one attached hydrogen (secondary N) is 1. The Morgan fingerprint density at radius 3 is 2.42 bits per heavy atom. The molecule has 19 heavy (non-hydrogen) atoms. The molecule has 1 atom stereocenters. The number of carbonyl (C=O) groups excluding carboxylic acids is 1. The van der Waals surface area contributed by atoms with Gasteiger partial charge in [0.05, 0.1) is 6.04 Å². The molecule has 0 aromatic carbocycles. The zero-order valence-electron chi connectivity index (χ0n) is 12.8. The SMILES string of the molecule is CC.CN1CCC(NC(=O)[C@@H](N)CCCCN)CC1. The third kappa shape index (κ3) is 8.18. The molecule has 0 bridgehead atoms. The van der Waals surface area contributed by atoms with E-state index < -0.39 is 0 Å². The van der Waals surface area contributed by atoms with Gasteiger partial charge in [0.25, 0.3) is 0 Å². The number of hydrogen-bond acceptors (Lipinski definition) is 4. The molecule has 1 saturated heterocycles. The number of amides is 1. The first-order valence-electron chi connectivity index (χ1n) is 7.58. The van der Waals surface area contributed by atoms with Gasteiger partial charge >= 0.3 is 0 Å². The van der Waals surface area contributed by atoms with E-state index in [-0.39, 0.29) is 11.9 Å². The Morgan fingerprint density at radius 1 is 1.32 bits per heavy atom. The Balaban J connectivity index is 0.00000154. The van der Waals surface area contributed by atoms with E-state index in [2.05, 4.69) is 17.3 Å². The molecule has 5 nitrogen and oxygen atoms in total. The first-order valence-corrected chi connectivity index (χ1v) is 7.58. The highest BCUT2D eigenvalue weighted by Crippen LogP contribution is 2.08. The Hall–Kier alpha value is -0.650. The fraction of sp³-hybridized carbons (Fsp3) is 0.929. The Bertz CT molecular complexity index is 227. The summed E-state index contributed by atoms with van der Waals surface area (Å²) in [7, 11) is 2.11. The Kier molecular flexibility index (Phi) is 10.8. The molecule has 114 valence electrons. The predicted octanol–water partition coefficient (Wildman–Crippen LogP) is 0.679. The lowest BCUT2D eigenvalue weighted by molar-refractivity contribution is -0.123. The molecule has 0 radical (unpaired) electrons. The van der Waals surface area contributed by atoms with Gasteiger partial charge in [-0.1, -0.05) is 20.3 Å². The van der Waals surface area contributed by atoms with Crippen LogP contribution in [0.5, 0.6) is 0 Å². The van der Waals surface area contributed by atoms with Gasteiger partial charge < -0.3 is 21.7 Å². The number of piperidine rings is 1. The maximum Gasteiger partial charge on any atom is 0.237 e. The van der Waals surface area contributed by atoms with Crippen molar-refractivity contribution >= 4 is 5.91 Å². The minimum atomic E-state index is -0.374. The standard InChI is InChI=1S/C12H26N4O.C2H6/c1-16-8-5-10(6-9-16)15-12(17)11(14)4-2-3-7-13;1-2/h10-11H,2-9,13-14H2,1H3,(H,15,17);1-2H3/t11-;/m0./s1. The van der Waals surface area contributed by atoms with Crippen molar-refractivity contribution < 1.29 is 4.79 Å². The monoisotopic (exact) mass is 272 g/mol. The lowest BCUT2D eigenvalue weighted by Gasteiger charge is -2.30. The lowest BCUT2D eigenvalue weighted by atomic mass is 10.0. The number of rotatable bonds is 6.